The van der Waals surface area contributed by atoms with E-state index in [0.717, 1.165) is 22.6 Å². The average Bonchev–Trinajstić information content (AvgIpc) is 3.01. The van der Waals surface area contributed by atoms with Gasteiger partial charge in [0.15, 0.2) is 0 Å². The molecule has 0 aliphatic carbocycles. The number of benzene rings is 2. The summed E-state index contributed by atoms with van der Waals surface area (Å²) in [5, 5.41) is 2.96. The summed E-state index contributed by atoms with van der Waals surface area (Å²) in [5.41, 5.74) is 5.52. The molecule has 2 amide bonds. The molecule has 3 rings (SSSR count). The molecular weight excluding hydrogens is 350 g/mol. The minimum absolute atomic E-state index is 0.0210. The van der Waals surface area contributed by atoms with Crippen LogP contribution in [-0.4, -0.2) is 28.3 Å². The van der Waals surface area contributed by atoms with Gasteiger partial charge in [-0.2, -0.15) is 0 Å². The summed E-state index contributed by atoms with van der Waals surface area (Å²) in [6.07, 6.45) is 0. The summed E-state index contributed by atoms with van der Waals surface area (Å²) in [6, 6.07) is 19.2. The number of hydrogen-bond donors (Lipinski definition) is 1. The van der Waals surface area contributed by atoms with E-state index in [2.05, 4.69) is 35.9 Å². The fourth-order valence-electron chi connectivity index (χ4n) is 3.18. The molecular formula is C23H25N3O2. The van der Waals surface area contributed by atoms with Crippen molar-refractivity contribution in [3.8, 4) is 5.69 Å². The third kappa shape index (κ3) is 4.14. The number of nitrogens with one attached hydrogen (secondary N) is 1. The molecule has 1 N–H and O–H groups in total. The molecule has 144 valence electrons. The second-order valence-corrected chi connectivity index (χ2v) is 6.98. The van der Waals surface area contributed by atoms with Crippen LogP contribution in [0.1, 0.15) is 34.2 Å². The predicted octanol–water partition coefficient (Wildman–Crippen LogP) is 4.32. The molecule has 0 bridgehead atoms. The van der Waals surface area contributed by atoms with Crippen molar-refractivity contribution >= 4 is 17.5 Å². The third-order valence-corrected chi connectivity index (χ3v) is 4.87. The summed E-state index contributed by atoms with van der Waals surface area (Å²) in [5.74, 6) is -0.197. The second kappa shape index (κ2) is 8.13. The maximum Gasteiger partial charge on any atom is 0.255 e. The number of carbonyl (C=O) groups excluding carboxylic acids is 2. The van der Waals surface area contributed by atoms with Crippen LogP contribution in [0.4, 0.5) is 5.69 Å². The predicted molar refractivity (Wildman–Crippen MR) is 112 cm³/mol. The Labute approximate surface area is 165 Å². The van der Waals surface area contributed by atoms with Gasteiger partial charge in [-0.3, -0.25) is 9.59 Å². The highest BCUT2D eigenvalue weighted by Gasteiger charge is 2.12. The van der Waals surface area contributed by atoms with Crippen molar-refractivity contribution in [2.75, 3.05) is 12.4 Å². The van der Waals surface area contributed by atoms with Crippen molar-refractivity contribution < 1.29 is 9.59 Å². The molecule has 0 fully saturated rings. The molecule has 0 aliphatic heterocycles. The van der Waals surface area contributed by atoms with E-state index < -0.39 is 0 Å². The van der Waals surface area contributed by atoms with Crippen LogP contribution in [-0.2, 0) is 11.3 Å². The van der Waals surface area contributed by atoms with Gasteiger partial charge in [0, 0.05) is 48.8 Å². The van der Waals surface area contributed by atoms with Crippen LogP contribution in [0.2, 0.25) is 0 Å². The summed E-state index contributed by atoms with van der Waals surface area (Å²) >= 11 is 0. The zero-order chi connectivity index (χ0) is 20.3. The SMILES string of the molecule is CC(=O)N(C)Cc1ccccc1NC(=O)c1ccc(-n2c(C)ccc2C)cc1. The van der Waals surface area contributed by atoms with Crippen molar-refractivity contribution in [3.63, 3.8) is 0 Å². The second-order valence-electron chi connectivity index (χ2n) is 6.98. The Morgan fingerprint density at radius 1 is 0.929 bits per heavy atom. The van der Waals surface area contributed by atoms with E-state index >= 15 is 0 Å². The van der Waals surface area contributed by atoms with Gasteiger partial charge in [0.2, 0.25) is 5.91 Å². The third-order valence-electron chi connectivity index (χ3n) is 4.87. The Morgan fingerprint density at radius 2 is 1.54 bits per heavy atom. The van der Waals surface area contributed by atoms with Crippen LogP contribution in [0.25, 0.3) is 5.69 Å². The van der Waals surface area contributed by atoms with E-state index in [1.165, 1.54) is 6.92 Å². The van der Waals surface area contributed by atoms with Crippen molar-refractivity contribution in [1.29, 1.82) is 0 Å². The lowest BCUT2D eigenvalue weighted by atomic mass is 10.1. The first-order chi connectivity index (χ1) is 13.4. The highest BCUT2D eigenvalue weighted by molar-refractivity contribution is 6.04. The largest absolute Gasteiger partial charge is 0.342 e. The monoisotopic (exact) mass is 375 g/mol. The van der Waals surface area contributed by atoms with E-state index in [-0.39, 0.29) is 11.8 Å². The van der Waals surface area contributed by atoms with Gasteiger partial charge in [-0.15, -0.1) is 0 Å². The first kappa shape index (κ1) is 19.4. The maximum absolute atomic E-state index is 12.7. The Morgan fingerprint density at radius 3 is 2.14 bits per heavy atom. The summed E-state index contributed by atoms with van der Waals surface area (Å²) < 4.78 is 2.15. The van der Waals surface area contributed by atoms with Gasteiger partial charge in [-0.1, -0.05) is 18.2 Å². The van der Waals surface area contributed by atoms with Crippen LogP contribution >= 0.6 is 0 Å². The highest BCUT2D eigenvalue weighted by atomic mass is 16.2. The van der Waals surface area contributed by atoms with Crippen LogP contribution in [0.3, 0.4) is 0 Å². The van der Waals surface area contributed by atoms with Gasteiger partial charge >= 0.3 is 0 Å². The molecule has 0 atom stereocenters. The Balaban J connectivity index is 1.78. The summed E-state index contributed by atoms with van der Waals surface area (Å²) in [4.78, 5) is 25.8. The number of hydrogen-bond acceptors (Lipinski definition) is 2. The van der Waals surface area contributed by atoms with E-state index in [9.17, 15) is 9.59 Å². The van der Waals surface area contributed by atoms with E-state index in [0.29, 0.717) is 17.8 Å². The van der Waals surface area contributed by atoms with E-state index in [1.807, 2.05) is 48.5 Å². The van der Waals surface area contributed by atoms with E-state index in [4.69, 9.17) is 0 Å². The van der Waals surface area contributed by atoms with Gasteiger partial charge in [-0.05, 0) is 61.9 Å². The lowest BCUT2D eigenvalue weighted by molar-refractivity contribution is -0.128. The fraction of sp³-hybridized carbons (Fsp3) is 0.217. The molecule has 28 heavy (non-hydrogen) atoms. The smallest absolute Gasteiger partial charge is 0.255 e. The number of carbonyl (C=O) groups is 2. The number of anilines is 1. The molecule has 1 aromatic heterocycles. The Hall–Kier alpha value is -3.34. The minimum Gasteiger partial charge on any atom is -0.342 e. The molecule has 2 aromatic carbocycles. The van der Waals surface area contributed by atoms with Gasteiger partial charge in [0.25, 0.3) is 5.91 Å². The number of nitrogens with zero attached hydrogens (tertiary/aromatic N) is 2. The molecule has 1 heterocycles. The van der Waals surface area contributed by atoms with Crippen LogP contribution in [0.5, 0.6) is 0 Å². The average molecular weight is 375 g/mol. The van der Waals surface area contributed by atoms with Crippen LogP contribution < -0.4 is 5.32 Å². The first-order valence-electron chi connectivity index (χ1n) is 9.23. The van der Waals surface area contributed by atoms with Crippen LogP contribution in [0.15, 0.2) is 60.7 Å². The van der Waals surface area contributed by atoms with Crippen LogP contribution in [0, 0.1) is 13.8 Å². The van der Waals surface area contributed by atoms with Crippen molar-refractivity contribution in [2.45, 2.75) is 27.3 Å². The zero-order valence-corrected chi connectivity index (χ0v) is 16.7. The standard InChI is InChI=1S/C23H25N3O2/c1-16-9-10-17(2)26(16)21-13-11-19(12-14-21)23(28)24-22-8-6-5-7-20(22)15-25(4)18(3)27/h5-14H,15H2,1-4H3,(H,24,28). The number of rotatable bonds is 5. The molecule has 3 aromatic rings. The maximum atomic E-state index is 12.7. The minimum atomic E-state index is -0.176. The van der Waals surface area contributed by atoms with Gasteiger partial charge in [0.05, 0.1) is 0 Å². The van der Waals surface area contributed by atoms with Crippen molar-refractivity contribution in [1.82, 2.24) is 9.47 Å². The number of aromatic nitrogens is 1. The molecule has 0 spiro atoms. The molecule has 0 radical (unpaired) electrons. The lowest BCUT2D eigenvalue weighted by Gasteiger charge is -2.18. The molecule has 0 saturated heterocycles. The highest BCUT2D eigenvalue weighted by Crippen LogP contribution is 2.20. The summed E-state index contributed by atoms with van der Waals surface area (Å²) in [7, 11) is 1.74. The van der Waals surface area contributed by atoms with Gasteiger partial charge < -0.3 is 14.8 Å². The Bertz CT molecular complexity index is 983. The first-order valence-corrected chi connectivity index (χ1v) is 9.23. The number of amides is 2. The molecule has 0 saturated carbocycles. The number of aryl methyl sites for hydroxylation is 2. The molecule has 5 heteroatoms. The lowest BCUT2D eigenvalue weighted by Crippen LogP contribution is -2.24. The fourth-order valence-corrected chi connectivity index (χ4v) is 3.18. The number of para-hydroxylation sites is 1. The molecule has 0 unspecified atom stereocenters. The molecule has 0 aliphatic rings. The topological polar surface area (TPSA) is 54.3 Å². The van der Waals surface area contributed by atoms with Crippen molar-refractivity contribution in [3.05, 3.63) is 83.2 Å². The van der Waals surface area contributed by atoms with Crippen molar-refractivity contribution in [2.24, 2.45) is 0 Å². The Kier molecular flexibility index (Phi) is 5.64. The van der Waals surface area contributed by atoms with Gasteiger partial charge in [0.1, 0.15) is 0 Å². The van der Waals surface area contributed by atoms with E-state index in [1.54, 1.807) is 11.9 Å². The quantitative estimate of drug-likeness (QED) is 0.722. The van der Waals surface area contributed by atoms with Gasteiger partial charge in [-0.25, -0.2) is 0 Å². The zero-order valence-electron chi connectivity index (χ0n) is 16.7. The normalized spacial score (nSPS) is 10.6. The molecule has 5 nitrogen and oxygen atoms in total. The summed E-state index contributed by atoms with van der Waals surface area (Å²) in [6.45, 7) is 6.08.